The lowest BCUT2D eigenvalue weighted by molar-refractivity contribution is 0.0662. The van der Waals surface area contributed by atoms with Gasteiger partial charge in [-0.2, -0.15) is 0 Å². The molecule has 1 aromatic carbocycles. The highest BCUT2D eigenvalue weighted by atomic mass is 16.5. The highest BCUT2D eigenvalue weighted by Gasteiger charge is 2.21. The molecular weight excluding hydrogens is 258 g/mol. The van der Waals surface area contributed by atoms with E-state index in [9.17, 15) is 0 Å². The fourth-order valence-corrected chi connectivity index (χ4v) is 2.43. The first-order valence-electron chi connectivity index (χ1n) is 6.58. The Balaban J connectivity index is 1.98. The Bertz CT molecular complexity index is 592. The number of hydrogen-bond acceptors (Lipinski definition) is 6. The first-order valence-corrected chi connectivity index (χ1v) is 6.58. The van der Waals surface area contributed by atoms with E-state index >= 15 is 0 Å². The van der Waals surface area contributed by atoms with Gasteiger partial charge in [0, 0.05) is 30.5 Å². The number of rotatable bonds is 3. The lowest BCUT2D eigenvalue weighted by Crippen LogP contribution is -2.21. The zero-order valence-corrected chi connectivity index (χ0v) is 11.3. The summed E-state index contributed by atoms with van der Waals surface area (Å²) in [6, 6.07) is 5.77. The van der Waals surface area contributed by atoms with Gasteiger partial charge < -0.3 is 15.2 Å². The Morgan fingerprint density at radius 2 is 2.10 bits per heavy atom. The van der Waals surface area contributed by atoms with Crippen LogP contribution in [0.3, 0.4) is 0 Å². The quantitative estimate of drug-likeness (QED) is 0.849. The smallest absolute Gasteiger partial charge is 0.182 e. The molecule has 1 aliphatic heterocycles. The zero-order valence-electron chi connectivity index (χ0n) is 11.3. The largest absolute Gasteiger partial charge is 0.497 e. The van der Waals surface area contributed by atoms with Crippen LogP contribution >= 0.6 is 0 Å². The van der Waals surface area contributed by atoms with E-state index in [1.54, 1.807) is 13.2 Å². The molecule has 2 aromatic rings. The van der Waals surface area contributed by atoms with Crippen molar-refractivity contribution in [1.82, 2.24) is 20.2 Å². The number of hydrogen-bond donors (Lipinski definition) is 1. The van der Waals surface area contributed by atoms with Gasteiger partial charge in [0.05, 0.1) is 13.2 Å². The zero-order chi connectivity index (χ0) is 13.9. The molecule has 0 aliphatic carbocycles. The number of benzene rings is 1. The number of nitrogen functional groups attached to an aromatic ring is 1. The molecule has 7 heteroatoms. The second-order valence-electron chi connectivity index (χ2n) is 4.79. The predicted octanol–water partition coefficient (Wildman–Crippen LogP) is 1.28. The maximum atomic E-state index is 5.89. The first kappa shape index (κ1) is 12.9. The summed E-state index contributed by atoms with van der Waals surface area (Å²) < 4.78 is 12.5. The van der Waals surface area contributed by atoms with E-state index in [2.05, 4.69) is 15.5 Å². The van der Waals surface area contributed by atoms with Gasteiger partial charge in [-0.15, -0.1) is 5.10 Å². The lowest BCUT2D eigenvalue weighted by atomic mass is 10.1. The number of methoxy groups -OCH3 is 1. The Labute approximate surface area is 116 Å². The fourth-order valence-electron chi connectivity index (χ4n) is 2.43. The van der Waals surface area contributed by atoms with Crippen LogP contribution in [0.25, 0.3) is 11.4 Å². The highest BCUT2D eigenvalue weighted by molar-refractivity contribution is 5.64. The van der Waals surface area contributed by atoms with Crippen LogP contribution < -0.4 is 10.5 Å². The van der Waals surface area contributed by atoms with Gasteiger partial charge >= 0.3 is 0 Å². The highest BCUT2D eigenvalue weighted by Crippen LogP contribution is 2.29. The van der Waals surface area contributed by atoms with E-state index in [-0.39, 0.29) is 6.04 Å². The van der Waals surface area contributed by atoms with Crippen LogP contribution in [0.1, 0.15) is 18.9 Å². The van der Waals surface area contributed by atoms with Crippen molar-refractivity contribution in [2.45, 2.75) is 18.9 Å². The van der Waals surface area contributed by atoms with Crippen LogP contribution in [0.15, 0.2) is 18.2 Å². The summed E-state index contributed by atoms with van der Waals surface area (Å²) in [5, 5.41) is 12.0. The molecule has 0 spiro atoms. The molecule has 0 saturated carbocycles. The SMILES string of the molecule is COc1cc(N)cc(-c2nnnn2C2CCOCC2)c1. The molecule has 0 unspecified atom stereocenters. The molecule has 1 aliphatic rings. The van der Waals surface area contributed by atoms with Crippen molar-refractivity contribution in [2.75, 3.05) is 26.1 Å². The molecular formula is C13H17N5O2. The molecule has 0 amide bonds. The topological polar surface area (TPSA) is 88.1 Å². The van der Waals surface area contributed by atoms with Crippen molar-refractivity contribution in [2.24, 2.45) is 0 Å². The van der Waals surface area contributed by atoms with Crippen LogP contribution in [0.2, 0.25) is 0 Å². The predicted molar refractivity (Wildman–Crippen MR) is 73.3 cm³/mol. The third-order valence-electron chi connectivity index (χ3n) is 3.45. The maximum Gasteiger partial charge on any atom is 0.182 e. The molecule has 20 heavy (non-hydrogen) atoms. The molecule has 2 N–H and O–H groups in total. The van der Waals surface area contributed by atoms with E-state index in [1.165, 1.54) is 0 Å². The van der Waals surface area contributed by atoms with Gasteiger partial charge in [0.2, 0.25) is 0 Å². The van der Waals surface area contributed by atoms with E-state index in [4.69, 9.17) is 15.2 Å². The van der Waals surface area contributed by atoms with E-state index in [0.29, 0.717) is 17.3 Å². The van der Waals surface area contributed by atoms with Gasteiger partial charge in [0.25, 0.3) is 0 Å². The van der Waals surface area contributed by atoms with Crippen LogP contribution in [0, 0.1) is 0 Å². The first-order chi connectivity index (χ1) is 9.78. The van der Waals surface area contributed by atoms with E-state index in [0.717, 1.165) is 31.6 Å². The summed E-state index contributed by atoms with van der Waals surface area (Å²) in [5.74, 6) is 1.41. The number of aromatic nitrogens is 4. The Hall–Kier alpha value is -2.15. The van der Waals surface area contributed by atoms with Crippen molar-refractivity contribution in [1.29, 1.82) is 0 Å². The van der Waals surface area contributed by atoms with E-state index < -0.39 is 0 Å². The number of nitrogens with two attached hydrogens (primary N) is 1. The average Bonchev–Trinajstić information content (AvgIpc) is 2.97. The minimum atomic E-state index is 0.265. The van der Waals surface area contributed by atoms with E-state index in [1.807, 2.05) is 16.8 Å². The molecule has 3 rings (SSSR count). The molecule has 1 aromatic heterocycles. The molecule has 106 valence electrons. The summed E-state index contributed by atoms with van der Waals surface area (Å²) in [4.78, 5) is 0. The Morgan fingerprint density at radius 1 is 1.30 bits per heavy atom. The minimum Gasteiger partial charge on any atom is -0.497 e. The van der Waals surface area contributed by atoms with Crippen LogP contribution in [-0.4, -0.2) is 40.5 Å². The molecule has 1 fully saturated rings. The average molecular weight is 275 g/mol. The van der Waals surface area contributed by atoms with Gasteiger partial charge in [-0.3, -0.25) is 0 Å². The van der Waals surface area contributed by atoms with Crippen molar-refractivity contribution in [3.05, 3.63) is 18.2 Å². The molecule has 7 nitrogen and oxygen atoms in total. The van der Waals surface area contributed by atoms with Crippen molar-refractivity contribution in [3.8, 4) is 17.1 Å². The van der Waals surface area contributed by atoms with Gasteiger partial charge in [-0.05, 0) is 35.4 Å². The standard InChI is InChI=1S/C13H17N5O2/c1-19-12-7-9(6-10(14)8-12)13-15-16-17-18(13)11-2-4-20-5-3-11/h6-8,11H,2-5,14H2,1H3. The van der Waals surface area contributed by atoms with Crippen LogP contribution in [0.4, 0.5) is 5.69 Å². The molecule has 1 saturated heterocycles. The van der Waals surface area contributed by atoms with Crippen LogP contribution in [-0.2, 0) is 4.74 Å². The van der Waals surface area contributed by atoms with Gasteiger partial charge in [0.1, 0.15) is 5.75 Å². The van der Waals surface area contributed by atoms with Crippen molar-refractivity contribution < 1.29 is 9.47 Å². The second kappa shape index (κ2) is 5.46. The lowest BCUT2D eigenvalue weighted by Gasteiger charge is -2.22. The number of anilines is 1. The maximum absolute atomic E-state index is 5.89. The summed E-state index contributed by atoms with van der Waals surface area (Å²) in [5.41, 5.74) is 7.38. The number of tetrazole rings is 1. The Kier molecular flexibility index (Phi) is 3.51. The van der Waals surface area contributed by atoms with Gasteiger partial charge in [-0.1, -0.05) is 0 Å². The molecule has 2 heterocycles. The van der Waals surface area contributed by atoms with Crippen LogP contribution in [0.5, 0.6) is 5.75 Å². The monoisotopic (exact) mass is 275 g/mol. The van der Waals surface area contributed by atoms with Gasteiger partial charge in [0.15, 0.2) is 5.82 Å². The van der Waals surface area contributed by atoms with Gasteiger partial charge in [-0.25, -0.2) is 4.68 Å². The van der Waals surface area contributed by atoms with Crippen molar-refractivity contribution in [3.63, 3.8) is 0 Å². The third-order valence-corrected chi connectivity index (χ3v) is 3.45. The summed E-state index contributed by atoms with van der Waals surface area (Å²) in [6.45, 7) is 1.48. The normalized spacial score (nSPS) is 16.2. The second-order valence-corrected chi connectivity index (χ2v) is 4.79. The summed E-state index contributed by atoms with van der Waals surface area (Å²) in [6.07, 6.45) is 1.83. The molecule has 0 bridgehead atoms. The van der Waals surface area contributed by atoms with Crippen molar-refractivity contribution >= 4 is 5.69 Å². The Morgan fingerprint density at radius 3 is 2.85 bits per heavy atom. The third kappa shape index (κ3) is 2.44. The molecule has 0 atom stereocenters. The summed E-state index contributed by atoms with van der Waals surface area (Å²) >= 11 is 0. The fraction of sp³-hybridized carbons (Fsp3) is 0.462. The molecule has 0 radical (unpaired) electrons. The summed E-state index contributed by atoms with van der Waals surface area (Å²) in [7, 11) is 1.61. The number of nitrogens with zero attached hydrogens (tertiary/aromatic N) is 4. The number of ether oxygens (including phenoxy) is 2. The minimum absolute atomic E-state index is 0.265.